The average Bonchev–Trinajstić information content (AvgIpc) is 2.52. The number of para-hydroxylation sites is 1. The van der Waals surface area contributed by atoms with Crippen molar-refractivity contribution in [3.8, 4) is 5.75 Å². The summed E-state index contributed by atoms with van der Waals surface area (Å²) in [7, 11) is 0. The zero-order valence-corrected chi connectivity index (χ0v) is 12.6. The van der Waals surface area contributed by atoms with E-state index in [0.29, 0.717) is 0 Å². The predicted octanol–water partition coefficient (Wildman–Crippen LogP) is 2.74. The molecule has 23 heavy (non-hydrogen) atoms. The fourth-order valence-electron chi connectivity index (χ4n) is 2.24. The number of aliphatic carboxylic acids is 1. The topological polar surface area (TPSA) is 80.7 Å². The van der Waals surface area contributed by atoms with Crippen molar-refractivity contribution in [1.29, 1.82) is 0 Å². The fraction of sp³-hybridized carbons (Fsp3) is 0.167. The summed E-state index contributed by atoms with van der Waals surface area (Å²) in [5, 5.41) is 9.41. The molecule has 0 aliphatic rings. The molecule has 5 nitrogen and oxygen atoms in total. The zero-order valence-electron chi connectivity index (χ0n) is 12.6. The minimum Gasteiger partial charge on any atom is -0.481 e. The predicted molar refractivity (Wildman–Crippen MR) is 83.4 cm³/mol. The van der Waals surface area contributed by atoms with Crippen LogP contribution in [0.2, 0.25) is 0 Å². The Kier molecular flexibility index (Phi) is 5.25. The second-order valence-electron chi connectivity index (χ2n) is 5.03. The Morgan fingerprint density at radius 2 is 1.61 bits per heavy atom. The molecule has 2 aromatic rings. The monoisotopic (exact) mass is 312 g/mol. The third kappa shape index (κ3) is 4.26. The first-order valence-corrected chi connectivity index (χ1v) is 7.07. The molecule has 5 heteroatoms. The maximum Gasteiger partial charge on any atom is 0.314 e. The number of carboxylic acid groups (broad SMARTS) is 1. The number of hydrogen-bond acceptors (Lipinski definition) is 4. The number of hydrogen-bond donors (Lipinski definition) is 1. The summed E-state index contributed by atoms with van der Waals surface area (Å²) in [6.07, 6.45) is 0.0728. The summed E-state index contributed by atoms with van der Waals surface area (Å²) in [6, 6.07) is 15.1. The summed E-state index contributed by atoms with van der Waals surface area (Å²) >= 11 is 0. The van der Waals surface area contributed by atoms with Crippen molar-refractivity contribution in [1.82, 2.24) is 0 Å². The SMILES string of the molecule is CC(=O)Oc1ccccc1C(=O)[C@@H](Cc1ccccc1)C(=O)O. The van der Waals surface area contributed by atoms with Gasteiger partial charge >= 0.3 is 11.9 Å². The number of ketones is 1. The number of benzene rings is 2. The number of Topliss-reactive ketones (excluding diaryl/α,β-unsaturated/α-hetero) is 1. The first-order chi connectivity index (χ1) is 11.0. The number of esters is 1. The Hall–Kier alpha value is -2.95. The summed E-state index contributed by atoms with van der Waals surface area (Å²) in [5.41, 5.74) is 0.837. The molecule has 118 valence electrons. The Balaban J connectivity index is 2.32. The van der Waals surface area contributed by atoms with Crippen LogP contribution in [0.25, 0.3) is 0 Å². The summed E-state index contributed by atoms with van der Waals surface area (Å²) < 4.78 is 4.99. The van der Waals surface area contributed by atoms with E-state index in [1.165, 1.54) is 19.1 Å². The van der Waals surface area contributed by atoms with E-state index in [1.54, 1.807) is 36.4 Å². The van der Waals surface area contributed by atoms with Crippen LogP contribution >= 0.6 is 0 Å². The van der Waals surface area contributed by atoms with E-state index in [-0.39, 0.29) is 17.7 Å². The van der Waals surface area contributed by atoms with Crippen molar-refractivity contribution in [3.63, 3.8) is 0 Å². The lowest BCUT2D eigenvalue weighted by Crippen LogP contribution is -2.26. The molecular weight excluding hydrogens is 296 g/mol. The van der Waals surface area contributed by atoms with Crippen molar-refractivity contribution in [2.45, 2.75) is 13.3 Å². The first-order valence-electron chi connectivity index (χ1n) is 7.07. The van der Waals surface area contributed by atoms with Crippen LogP contribution in [0.3, 0.4) is 0 Å². The molecule has 0 bridgehead atoms. The second-order valence-corrected chi connectivity index (χ2v) is 5.03. The molecule has 0 fully saturated rings. The van der Waals surface area contributed by atoms with Crippen LogP contribution in [0.4, 0.5) is 0 Å². The van der Waals surface area contributed by atoms with Crippen molar-refractivity contribution in [2.75, 3.05) is 0 Å². The molecule has 2 rings (SSSR count). The molecule has 0 amide bonds. The van der Waals surface area contributed by atoms with Gasteiger partial charge in [-0.3, -0.25) is 14.4 Å². The molecule has 1 N–H and O–H groups in total. The quantitative estimate of drug-likeness (QED) is 0.384. The smallest absolute Gasteiger partial charge is 0.314 e. The van der Waals surface area contributed by atoms with Crippen LogP contribution in [0.15, 0.2) is 54.6 Å². The normalized spacial score (nSPS) is 11.5. The number of carboxylic acids is 1. The standard InChI is InChI=1S/C18H16O5/c1-12(19)23-16-10-6-5-9-14(16)17(20)15(18(21)22)11-13-7-3-2-4-8-13/h2-10,15H,11H2,1H3,(H,21,22)/t15-/m1/s1. The van der Waals surface area contributed by atoms with E-state index in [1.807, 2.05) is 6.07 Å². The Bertz CT molecular complexity index is 721. The fourth-order valence-corrected chi connectivity index (χ4v) is 2.24. The summed E-state index contributed by atoms with van der Waals surface area (Å²) in [4.78, 5) is 35.3. The first kappa shape index (κ1) is 16.4. The highest BCUT2D eigenvalue weighted by atomic mass is 16.5. The van der Waals surface area contributed by atoms with Gasteiger partial charge in [-0.25, -0.2) is 0 Å². The highest BCUT2D eigenvalue weighted by Gasteiger charge is 2.29. The highest BCUT2D eigenvalue weighted by Crippen LogP contribution is 2.24. The third-order valence-electron chi connectivity index (χ3n) is 3.30. The lowest BCUT2D eigenvalue weighted by Gasteiger charge is -2.14. The molecule has 0 saturated heterocycles. The molecule has 2 aromatic carbocycles. The van der Waals surface area contributed by atoms with E-state index in [9.17, 15) is 19.5 Å². The number of rotatable bonds is 6. The van der Waals surface area contributed by atoms with Crippen molar-refractivity contribution in [2.24, 2.45) is 5.92 Å². The van der Waals surface area contributed by atoms with Crippen molar-refractivity contribution in [3.05, 3.63) is 65.7 Å². The number of carbonyl (C=O) groups excluding carboxylic acids is 2. The van der Waals surface area contributed by atoms with Gasteiger partial charge in [-0.1, -0.05) is 42.5 Å². The molecule has 0 saturated carbocycles. The van der Waals surface area contributed by atoms with Gasteiger partial charge in [-0.15, -0.1) is 0 Å². The summed E-state index contributed by atoms with van der Waals surface area (Å²) in [5.74, 6) is -3.53. The van der Waals surface area contributed by atoms with Gasteiger partial charge in [-0.2, -0.15) is 0 Å². The largest absolute Gasteiger partial charge is 0.481 e. The second kappa shape index (κ2) is 7.35. The van der Waals surface area contributed by atoms with Crippen LogP contribution in [0.5, 0.6) is 5.75 Å². The van der Waals surface area contributed by atoms with Gasteiger partial charge in [0.1, 0.15) is 11.7 Å². The molecule has 0 radical (unpaired) electrons. The van der Waals surface area contributed by atoms with E-state index < -0.39 is 23.6 Å². The van der Waals surface area contributed by atoms with Crippen LogP contribution in [-0.2, 0) is 16.0 Å². The number of ether oxygens (including phenoxy) is 1. The van der Waals surface area contributed by atoms with Gasteiger partial charge in [0.2, 0.25) is 0 Å². The van der Waals surface area contributed by atoms with Gasteiger partial charge in [0.25, 0.3) is 0 Å². The van der Waals surface area contributed by atoms with Crippen LogP contribution in [-0.4, -0.2) is 22.8 Å². The maximum atomic E-state index is 12.6. The van der Waals surface area contributed by atoms with E-state index in [0.717, 1.165) is 5.56 Å². The van der Waals surface area contributed by atoms with Crippen LogP contribution in [0.1, 0.15) is 22.8 Å². The van der Waals surface area contributed by atoms with Gasteiger partial charge in [0.15, 0.2) is 5.78 Å². The molecule has 0 unspecified atom stereocenters. The highest BCUT2D eigenvalue weighted by molar-refractivity contribution is 6.10. The maximum absolute atomic E-state index is 12.6. The lowest BCUT2D eigenvalue weighted by molar-refractivity contribution is -0.140. The molecule has 0 heterocycles. The van der Waals surface area contributed by atoms with E-state index >= 15 is 0 Å². The third-order valence-corrected chi connectivity index (χ3v) is 3.30. The van der Waals surface area contributed by atoms with Gasteiger partial charge in [0, 0.05) is 6.92 Å². The van der Waals surface area contributed by atoms with Gasteiger partial charge in [-0.05, 0) is 24.1 Å². The van der Waals surface area contributed by atoms with E-state index in [4.69, 9.17) is 4.74 Å². The van der Waals surface area contributed by atoms with Crippen molar-refractivity contribution >= 4 is 17.7 Å². The minimum absolute atomic E-state index is 0.0728. The molecule has 0 spiro atoms. The summed E-state index contributed by atoms with van der Waals surface area (Å²) in [6.45, 7) is 1.22. The molecule has 0 aromatic heterocycles. The minimum atomic E-state index is -1.24. The van der Waals surface area contributed by atoms with E-state index in [2.05, 4.69) is 0 Å². The lowest BCUT2D eigenvalue weighted by atomic mass is 9.91. The van der Waals surface area contributed by atoms with Gasteiger partial charge in [0.05, 0.1) is 5.56 Å². The van der Waals surface area contributed by atoms with Crippen LogP contribution < -0.4 is 4.74 Å². The van der Waals surface area contributed by atoms with Crippen molar-refractivity contribution < 1.29 is 24.2 Å². The molecule has 1 atom stereocenters. The number of carbonyl (C=O) groups is 3. The Morgan fingerprint density at radius 3 is 2.22 bits per heavy atom. The van der Waals surface area contributed by atoms with Crippen LogP contribution in [0, 0.1) is 5.92 Å². The molecule has 0 aliphatic heterocycles. The van der Waals surface area contributed by atoms with Gasteiger partial charge < -0.3 is 9.84 Å². The Morgan fingerprint density at radius 1 is 1.00 bits per heavy atom. The Labute approximate surface area is 133 Å². The molecular formula is C18H16O5. The zero-order chi connectivity index (χ0) is 16.8. The average molecular weight is 312 g/mol. The molecule has 0 aliphatic carbocycles.